The summed E-state index contributed by atoms with van der Waals surface area (Å²) in [5.74, 6) is -1.54. The lowest BCUT2D eigenvalue weighted by molar-refractivity contribution is -0.384. The fraction of sp³-hybridized carbons (Fsp3) is 0. The number of nitrogens with zero attached hydrogens (tertiary/aromatic N) is 3. The molecule has 1 aliphatic heterocycles. The Morgan fingerprint density at radius 3 is 2.19 bits per heavy atom. The first-order chi connectivity index (χ1) is 20.1. The predicted octanol–water partition coefficient (Wildman–Crippen LogP) is 7.80. The van der Waals surface area contributed by atoms with Gasteiger partial charge >= 0.3 is 11.9 Å². The van der Waals surface area contributed by atoms with Gasteiger partial charge in [-0.3, -0.25) is 20.2 Å². The number of nitro benzene ring substituents is 2. The molecule has 0 unspecified atom stereocenters. The number of non-ortho nitro benzene ring substituents is 2. The predicted molar refractivity (Wildman–Crippen MR) is 159 cm³/mol. The molecule has 5 aromatic rings. The molecule has 0 spiro atoms. The molecule has 15 heteroatoms. The highest BCUT2D eigenvalue weighted by molar-refractivity contribution is 7.22. The maximum absolute atomic E-state index is 13.1. The summed E-state index contributed by atoms with van der Waals surface area (Å²) in [6, 6.07) is 14.7. The van der Waals surface area contributed by atoms with Crippen LogP contribution >= 0.6 is 45.9 Å². The summed E-state index contributed by atoms with van der Waals surface area (Å²) in [5, 5.41) is 23.6. The van der Waals surface area contributed by atoms with E-state index in [1.165, 1.54) is 48.5 Å². The fourth-order valence-corrected chi connectivity index (χ4v) is 6.99. The van der Waals surface area contributed by atoms with Crippen LogP contribution in [0.5, 0.6) is 5.75 Å². The lowest BCUT2D eigenvalue weighted by Crippen LogP contribution is -2.08. The second-order valence-corrected chi connectivity index (χ2v) is 11.5. The molecular weight excluding hydrogens is 629 g/mol. The van der Waals surface area contributed by atoms with E-state index >= 15 is 0 Å². The summed E-state index contributed by atoms with van der Waals surface area (Å²) in [7, 11) is 0. The van der Waals surface area contributed by atoms with Gasteiger partial charge in [0.25, 0.3) is 11.4 Å². The molecule has 0 atom stereocenters. The lowest BCUT2D eigenvalue weighted by atomic mass is 10.1. The average Bonchev–Trinajstić information content (AvgIpc) is 3.61. The number of rotatable bonds is 6. The van der Waals surface area contributed by atoms with Crippen LogP contribution in [0.25, 0.3) is 26.2 Å². The van der Waals surface area contributed by atoms with Gasteiger partial charge in [0.1, 0.15) is 15.5 Å². The quantitative estimate of drug-likeness (QED) is 0.0599. The summed E-state index contributed by atoms with van der Waals surface area (Å²) >= 11 is 14.9. The van der Waals surface area contributed by atoms with Crippen LogP contribution in [0.15, 0.2) is 71.4 Å². The SMILES string of the molecule is O=C1OC(c2sc3cc([N+](=O)[O-])ccc3c2Cl)=N/C1=C/c1ccccc1OC(=O)c1sc2cc([N+](=O)[O-])ccc2c1Cl. The number of aliphatic imine (C=N–C) groups is 1. The van der Waals surface area contributed by atoms with Crippen molar-refractivity contribution in [3.8, 4) is 5.75 Å². The minimum Gasteiger partial charge on any atom is -0.422 e. The molecule has 11 nitrogen and oxygen atoms in total. The van der Waals surface area contributed by atoms with Crippen molar-refractivity contribution in [2.75, 3.05) is 0 Å². The Kier molecular flexibility index (Phi) is 6.94. The van der Waals surface area contributed by atoms with E-state index in [1.807, 2.05) is 0 Å². The van der Waals surface area contributed by atoms with Crippen LogP contribution in [0.3, 0.4) is 0 Å². The number of esters is 2. The molecule has 208 valence electrons. The molecule has 0 saturated carbocycles. The largest absolute Gasteiger partial charge is 0.422 e. The van der Waals surface area contributed by atoms with E-state index in [2.05, 4.69) is 4.99 Å². The van der Waals surface area contributed by atoms with Gasteiger partial charge in [-0.05, 0) is 24.3 Å². The van der Waals surface area contributed by atoms with Gasteiger partial charge in [0, 0.05) is 50.0 Å². The molecule has 3 aromatic carbocycles. The number of para-hydroxylation sites is 1. The van der Waals surface area contributed by atoms with Crippen molar-refractivity contribution in [3.63, 3.8) is 0 Å². The number of ether oxygens (including phenoxy) is 2. The second kappa shape index (κ2) is 10.6. The van der Waals surface area contributed by atoms with Crippen LogP contribution in [-0.2, 0) is 9.53 Å². The van der Waals surface area contributed by atoms with E-state index in [0.29, 0.717) is 30.6 Å². The van der Waals surface area contributed by atoms with E-state index in [1.54, 1.807) is 18.2 Å². The van der Waals surface area contributed by atoms with Gasteiger partial charge in [-0.2, -0.15) is 0 Å². The van der Waals surface area contributed by atoms with Gasteiger partial charge in [0.2, 0.25) is 5.90 Å². The molecule has 3 heterocycles. The van der Waals surface area contributed by atoms with Gasteiger partial charge in [-0.1, -0.05) is 41.4 Å². The Hall–Kier alpha value is -4.69. The van der Waals surface area contributed by atoms with Gasteiger partial charge in [0.05, 0.1) is 19.9 Å². The number of hydrogen-bond donors (Lipinski definition) is 0. The normalized spacial score (nSPS) is 13.9. The molecular formula is C27H11Cl2N3O8S2. The fourth-order valence-electron chi connectivity index (χ4n) is 4.10. The Bertz CT molecular complexity index is 2080. The first-order valence-corrected chi connectivity index (χ1v) is 14.1. The van der Waals surface area contributed by atoms with Crippen molar-refractivity contribution < 1.29 is 28.9 Å². The zero-order chi connectivity index (χ0) is 29.7. The standard InChI is InChI=1S/C27H11Cl2N3O8S2/c28-21-15-7-5-13(31(35)36)10-19(15)41-23(21)25-30-17(26(33)40-25)9-12-3-1-2-4-18(12)39-27(34)24-22(29)16-8-6-14(32(37)38)11-20(16)42-24/h1-11H/b17-9+. The smallest absolute Gasteiger partial charge is 0.363 e. The number of thiophene rings is 2. The van der Waals surface area contributed by atoms with Crippen molar-refractivity contribution in [1.29, 1.82) is 0 Å². The van der Waals surface area contributed by atoms with Crippen molar-refractivity contribution in [1.82, 2.24) is 0 Å². The maximum Gasteiger partial charge on any atom is 0.363 e. The zero-order valence-electron chi connectivity index (χ0n) is 20.5. The molecule has 2 aromatic heterocycles. The van der Waals surface area contributed by atoms with Gasteiger partial charge in [-0.15, -0.1) is 22.7 Å². The van der Waals surface area contributed by atoms with Crippen LogP contribution in [0.4, 0.5) is 11.4 Å². The highest BCUT2D eigenvalue weighted by Crippen LogP contribution is 2.40. The molecule has 0 aliphatic carbocycles. The van der Waals surface area contributed by atoms with Crippen LogP contribution < -0.4 is 4.74 Å². The Labute approximate surface area is 252 Å². The third-order valence-electron chi connectivity index (χ3n) is 6.06. The highest BCUT2D eigenvalue weighted by atomic mass is 35.5. The van der Waals surface area contributed by atoms with Crippen LogP contribution in [0, 0.1) is 20.2 Å². The number of carbonyl (C=O) groups is 2. The van der Waals surface area contributed by atoms with E-state index < -0.39 is 21.8 Å². The number of nitro groups is 2. The molecule has 42 heavy (non-hydrogen) atoms. The molecule has 0 bridgehead atoms. The van der Waals surface area contributed by atoms with Gasteiger partial charge in [0.15, 0.2) is 5.70 Å². The molecule has 1 aliphatic rings. The number of benzene rings is 3. The van der Waals surface area contributed by atoms with E-state index in [0.717, 1.165) is 22.7 Å². The number of halogens is 2. The van der Waals surface area contributed by atoms with Crippen molar-refractivity contribution in [2.45, 2.75) is 0 Å². The first kappa shape index (κ1) is 27.5. The Morgan fingerprint density at radius 2 is 1.52 bits per heavy atom. The van der Waals surface area contributed by atoms with Gasteiger partial charge in [-0.25, -0.2) is 14.6 Å². The molecule has 0 N–H and O–H groups in total. The number of carbonyl (C=O) groups excluding carboxylic acids is 2. The van der Waals surface area contributed by atoms with Gasteiger partial charge < -0.3 is 9.47 Å². The minimum atomic E-state index is -0.793. The summed E-state index contributed by atoms with van der Waals surface area (Å²) in [5.41, 5.74) is -0.0184. The first-order valence-electron chi connectivity index (χ1n) is 11.7. The Balaban J connectivity index is 1.31. The molecule has 6 rings (SSSR count). The topological polar surface area (TPSA) is 151 Å². The third kappa shape index (κ3) is 4.88. The summed E-state index contributed by atoms with van der Waals surface area (Å²) < 4.78 is 11.9. The molecule has 0 fully saturated rings. The van der Waals surface area contributed by atoms with Crippen LogP contribution in [0.2, 0.25) is 10.0 Å². The monoisotopic (exact) mass is 639 g/mol. The van der Waals surface area contributed by atoms with Crippen molar-refractivity contribution in [2.24, 2.45) is 4.99 Å². The van der Waals surface area contributed by atoms with Crippen LogP contribution in [-0.4, -0.2) is 27.7 Å². The molecule has 0 radical (unpaired) electrons. The van der Waals surface area contributed by atoms with Crippen LogP contribution in [0.1, 0.15) is 20.1 Å². The number of hydrogen-bond acceptors (Lipinski definition) is 11. The number of cyclic esters (lactones) is 1. The summed E-state index contributed by atoms with van der Waals surface area (Å²) in [4.78, 5) is 51.6. The molecule has 0 saturated heterocycles. The maximum atomic E-state index is 13.1. The number of fused-ring (bicyclic) bond motifs is 2. The highest BCUT2D eigenvalue weighted by Gasteiger charge is 2.29. The lowest BCUT2D eigenvalue weighted by Gasteiger charge is -2.07. The van der Waals surface area contributed by atoms with E-state index in [4.69, 9.17) is 32.7 Å². The Morgan fingerprint density at radius 1 is 0.905 bits per heavy atom. The van der Waals surface area contributed by atoms with Crippen molar-refractivity contribution in [3.05, 3.63) is 112 Å². The van der Waals surface area contributed by atoms with E-state index in [9.17, 15) is 29.8 Å². The third-order valence-corrected chi connectivity index (χ3v) is 9.34. The zero-order valence-corrected chi connectivity index (χ0v) is 23.7. The average molecular weight is 640 g/mol. The summed E-state index contributed by atoms with van der Waals surface area (Å²) in [6.45, 7) is 0. The van der Waals surface area contributed by atoms with E-state index in [-0.39, 0.29) is 43.6 Å². The summed E-state index contributed by atoms with van der Waals surface area (Å²) in [6.07, 6.45) is 1.37. The second-order valence-electron chi connectivity index (χ2n) is 8.63. The minimum absolute atomic E-state index is 0.0508. The van der Waals surface area contributed by atoms with Crippen molar-refractivity contribution >= 4 is 101 Å². The molecule has 0 amide bonds.